The van der Waals surface area contributed by atoms with E-state index in [2.05, 4.69) is 10.2 Å². The number of aliphatic hydroxyl groups excluding tert-OH is 1. The Kier molecular flexibility index (Phi) is 3.96. The van der Waals surface area contributed by atoms with Crippen molar-refractivity contribution in [2.45, 2.75) is 25.3 Å². The number of aromatic nitrogens is 2. The maximum absolute atomic E-state index is 12.5. The Bertz CT molecular complexity index is 591. The number of carbonyl (C=O) groups is 1. The Balaban J connectivity index is 1.77. The highest BCUT2D eigenvalue weighted by Crippen LogP contribution is 2.26. The molecule has 1 amide bonds. The molecule has 1 aromatic carbocycles. The third-order valence-corrected chi connectivity index (χ3v) is 3.86. The van der Waals surface area contributed by atoms with E-state index in [1.165, 1.54) is 6.39 Å². The maximum Gasteiger partial charge on any atom is 0.254 e. The van der Waals surface area contributed by atoms with Crippen LogP contribution in [0.25, 0.3) is 11.5 Å². The van der Waals surface area contributed by atoms with Crippen LogP contribution in [0.2, 0.25) is 0 Å². The van der Waals surface area contributed by atoms with Crippen LogP contribution in [0.3, 0.4) is 0 Å². The number of aliphatic hydroxyl groups is 1. The van der Waals surface area contributed by atoms with Crippen LogP contribution in [0.1, 0.15) is 29.6 Å². The molecular weight excluding hydrogens is 270 g/mol. The van der Waals surface area contributed by atoms with E-state index in [4.69, 9.17) is 9.52 Å². The van der Waals surface area contributed by atoms with Crippen molar-refractivity contribution in [2.75, 3.05) is 13.2 Å². The number of rotatable bonds is 5. The molecule has 0 aliphatic heterocycles. The van der Waals surface area contributed by atoms with Crippen molar-refractivity contribution in [2.24, 2.45) is 0 Å². The third-order valence-electron chi connectivity index (χ3n) is 3.86. The molecule has 0 saturated heterocycles. The summed E-state index contributed by atoms with van der Waals surface area (Å²) in [5, 5.41) is 16.6. The summed E-state index contributed by atoms with van der Waals surface area (Å²) in [7, 11) is 0. The third kappa shape index (κ3) is 2.80. The van der Waals surface area contributed by atoms with Gasteiger partial charge in [-0.05, 0) is 43.5 Å². The van der Waals surface area contributed by atoms with Crippen LogP contribution in [0.5, 0.6) is 0 Å². The quantitative estimate of drug-likeness (QED) is 0.905. The molecule has 0 bridgehead atoms. The van der Waals surface area contributed by atoms with Gasteiger partial charge in [-0.3, -0.25) is 4.79 Å². The molecule has 3 rings (SSSR count). The summed E-state index contributed by atoms with van der Waals surface area (Å²) in [5.74, 6) is 0.394. The highest BCUT2D eigenvalue weighted by molar-refractivity contribution is 5.94. The molecular formula is C15H17N3O3. The molecule has 1 aromatic heterocycles. The largest absolute Gasteiger partial charge is 0.423 e. The number of hydrogen-bond donors (Lipinski definition) is 1. The average molecular weight is 287 g/mol. The van der Waals surface area contributed by atoms with Crippen LogP contribution in [-0.4, -0.2) is 45.3 Å². The standard InChI is InChI=1S/C15H17N3O3/c19-9-8-18(13-2-1-3-13)15(20)12-6-4-11(5-7-12)14-17-16-10-21-14/h4-7,10,13,19H,1-3,8-9H2. The normalized spacial score (nSPS) is 14.7. The van der Waals surface area contributed by atoms with Crippen LogP contribution >= 0.6 is 0 Å². The van der Waals surface area contributed by atoms with E-state index in [0.29, 0.717) is 18.0 Å². The molecule has 1 heterocycles. The summed E-state index contributed by atoms with van der Waals surface area (Å²) in [4.78, 5) is 14.3. The monoisotopic (exact) mass is 287 g/mol. The Morgan fingerprint density at radius 3 is 2.62 bits per heavy atom. The van der Waals surface area contributed by atoms with Crippen LogP contribution in [-0.2, 0) is 0 Å². The van der Waals surface area contributed by atoms with Gasteiger partial charge in [-0.15, -0.1) is 10.2 Å². The highest BCUT2D eigenvalue weighted by atomic mass is 16.4. The van der Waals surface area contributed by atoms with E-state index >= 15 is 0 Å². The molecule has 1 fully saturated rings. The second-order valence-electron chi connectivity index (χ2n) is 5.13. The lowest BCUT2D eigenvalue weighted by Crippen LogP contribution is -2.45. The number of benzene rings is 1. The maximum atomic E-state index is 12.5. The van der Waals surface area contributed by atoms with Gasteiger partial charge in [0.15, 0.2) is 0 Å². The van der Waals surface area contributed by atoms with Crippen molar-refractivity contribution in [1.29, 1.82) is 0 Å². The summed E-state index contributed by atoms with van der Waals surface area (Å²) in [5.41, 5.74) is 1.39. The van der Waals surface area contributed by atoms with E-state index in [1.807, 2.05) is 0 Å². The van der Waals surface area contributed by atoms with Gasteiger partial charge in [0.1, 0.15) is 0 Å². The summed E-state index contributed by atoms with van der Waals surface area (Å²) in [6, 6.07) is 7.35. The summed E-state index contributed by atoms with van der Waals surface area (Å²) in [6.07, 6.45) is 4.46. The predicted octanol–water partition coefficient (Wildman–Crippen LogP) is 1.72. The summed E-state index contributed by atoms with van der Waals surface area (Å²) >= 11 is 0. The molecule has 6 heteroatoms. The minimum Gasteiger partial charge on any atom is -0.423 e. The fraction of sp³-hybridized carbons (Fsp3) is 0.400. The van der Waals surface area contributed by atoms with Crippen molar-refractivity contribution in [3.05, 3.63) is 36.2 Å². The zero-order valence-corrected chi connectivity index (χ0v) is 11.6. The predicted molar refractivity (Wildman–Crippen MR) is 75.5 cm³/mol. The molecule has 0 unspecified atom stereocenters. The molecule has 0 spiro atoms. The van der Waals surface area contributed by atoms with Crippen LogP contribution < -0.4 is 0 Å². The Hall–Kier alpha value is -2.21. The minimum atomic E-state index is -0.0363. The van der Waals surface area contributed by atoms with E-state index in [1.54, 1.807) is 29.2 Å². The van der Waals surface area contributed by atoms with Crippen LogP contribution in [0.15, 0.2) is 35.1 Å². The van der Waals surface area contributed by atoms with Crippen molar-refractivity contribution >= 4 is 5.91 Å². The van der Waals surface area contributed by atoms with Gasteiger partial charge in [0.25, 0.3) is 5.91 Å². The SMILES string of the molecule is O=C(c1ccc(-c2nnco2)cc1)N(CCO)C1CCC1. The molecule has 0 radical (unpaired) electrons. The lowest BCUT2D eigenvalue weighted by molar-refractivity contribution is 0.0526. The average Bonchev–Trinajstić information content (AvgIpc) is 2.98. The van der Waals surface area contributed by atoms with Gasteiger partial charge in [-0.2, -0.15) is 0 Å². The van der Waals surface area contributed by atoms with Gasteiger partial charge >= 0.3 is 0 Å². The van der Waals surface area contributed by atoms with Crippen LogP contribution in [0.4, 0.5) is 0 Å². The fourth-order valence-electron chi connectivity index (χ4n) is 2.48. The minimum absolute atomic E-state index is 0.0116. The molecule has 1 aliphatic rings. The summed E-state index contributed by atoms with van der Waals surface area (Å²) < 4.78 is 5.12. The Morgan fingerprint density at radius 2 is 2.10 bits per heavy atom. The molecule has 2 aromatic rings. The molecule has 1 aliphatic carbocycles. The Morgan fingerprint density at radius 1 is 1.33 bits per heavy atom. The van der Waals surface area contributed by atoms with E-state index in [-0.39, 0.29) is 18.6 Å². The van der Waals surface area contributed by atoms with E-state index in [9.17, 15) is 4.79 Å². The van der Waals surface area contributed by atoms with Gasteiger partial charge in [-0.25, -0.2) is 0 Å². The fourth-order valence-corrected chi connectivity index (χ4v) is 2.48. The number of carbonyl (C=O) groups excluding carboxylic acids is 1. The topological polar surface area (TPSA) is 79.5 Å². The van der Waals surface area contributed by atoms with Gasteiger partial charge in [0.2, 0.25) is 12.3 Å². The van der Waals surface area contributed by atoms with Gasteiger partial charge in [-0.1, -0.05) is 0 Å². The molecule has 0 atom stereocenters. The van der Waals surface area contributed by atoms with Gasteiger partial charge in [0.05, 0.1) is 6.61 Å². The number of amides is 1. The lowest BCUT2D eigenvalue weighted by atomic mass is 9.91. The first-order valence-electron chi connectivity index (χ1n) is 7.08. The molecule has 110 valence electrons. The lowest BCUT2D eigenvalue weighted by Gasteiger charge is -2.37. The first-order chi connectivity index (χ1) is 10.3. The zero-order valence-electron chi connectivity index (χ0n) is 11.6. The molecule has 1 saturated carbocycles. The van der Waals surface area contributed by atoms with E-state index in [0.717, 1.165) is 24.8 Å². The van der Waals surface area contributed by atoms with Crippen LogP contribution in [0, 0.1) is 0 Å². The van der Waals surface area contributed by atoms with Gasteiger partial charge in [0, 0.05) is 23.7 Å². The first kappa shape index (κ1) is 13.8. The van der Waals surface area contributed by atoms with Gasteiger partial charge < -0.3 is 14.4 Å². The van der Waals surface area contributed by atoms with Crippen molar-refractivity contribution in [1.82, 2.24) is 15.1 Å². The molecule has 21 heavy (non-hydrogen) atoms. The second-order valence-corrected chi connectivity index (χ2v) is 5.13. The zero-order chi connectivity index (χ0) is 14.7. The first-order valence-corrected chi connectivity index (χ1v) is 7.08. The number of hydrogen-bond acceptors (Lipinski definition) is 5. The van der Waals surface area contributed by atoms with Crippen molar-refractivity contribution in [3.63, 3.8) is 0 Å². The Labute approximate surface area is 122 Å². The summed E-state index contributed by atoms with van der Waals surface area (Å²) in [6.45, 7) is 0.372. The molecule has 1 N–H and O–H groups in total. The highest BCUT2D eigenvalue weighted by Gasteiger charge is 2.28. The smallest absolute Gasteiger partial charge is 0.254 e. The number of nitrogens with zero attached hydrogens (tertiary/aromatic N) is 3. The van der Waals surface area contributed by atoms with Crippen molar-refractivity contribution < 1.29 is 14.3 Å². The molecule has 6 nitrogen and oxygen atoms in total. The van der Waals surface area contributed by atoms with E-state index < -0.39 is 0 Å². The second kappa shape index (κ2) is 6.05. The van der Waals surface area contributed by atoms with Crippen molar-refractivity contribution in [3.8, 4) is 11.5 Å².